The van der Waals surface area contributed by atoms with Gasteiger partial charge in [0.2, 0.25) is 0 Å². The highest BCUT2D eigenvalue weighted by molar-refractivity contribution is 14.0. The zero-order valence-electron chi connectivity index (χ0n) is 13.2. The second-order valence-electron chi connectivity index (χ2n) is 5.02. The van der Waals surface area contributed by atoms with E-state index in [1.807, 2.05) is 6.07 Å². The largest absolute Gasteiger partial charge is 0.505 e. The molecule has 0 heterocycles. The van der Waals surface area contributed by atoms with E-state index in [0.29, 0.717) is 31.0 Å². The molecule has 24 heavy (non-hydrogen) atoms. The minimum absolute atomic E-state index is 0. The molecule has 0 unspecified atom stereocenters. The van der Waals surface area contributed by atoms with Gasteiger partial charge in [0.05, 0.1) is 0 Å². The Balaban J connectivity index is 0.00000288. The molecule has 0 bridgehead atoms. The fourth-order valence-corrected chi connectivity index (χ4v) is 2.08. The van der Waals surface area contributed by atoms with E-state index < -0.39 is 5.82 Å². The van der Waals surface area contributed by atoms with Crippen molar-refractivity contribution in [3.63, 3.8) is 0 Å². The van der Waals surface area contributed by atoms with Crippen LogP contribution < -0.4 is 10.6 Å². The molecule has 0 aromatic heterocycles. The lowest BCUT2D eigenvalue weighted by Crippen LogP contribution is -2.37. The number of aromatic hydroxyl groups is 1. The van der Waals surface area contributed by atoms with Crippen LogP contribution >= 0.6 is 24.0 Å². The van der Waals surface area contributed by atoms with E-state index in [0.717, 1.165) is 5.56 Å². The SMILES string of the molecule is CN=C(NCCc1cccc(F)c1)NCc1ccc(O)c(F)c1.I. The number of aliphatic imine (C=N–C) groups is 1. The summed E-state index contributed by atoms with van der Waals surface area (Å²) >= 11 is 0. The summed E-state index contributed by atoms with van der Waals surface area (Å²) < 4.78 is 26.3. The molecule has 3 N–H and O–H groups in total. The van der Waals surface area contributed by atoms with E-state index >= 15 is 0 Å². The molecule has 0 amide bonds. The summed E-state index contributed by atoms with van der Waals surface area (Å²) in [4.78, 5) is 4.07. The monoisotopic (exact) mass is 447 g/mol. The second kappa shape index (κ2) is 10.1. The first-order valence-corrected chi connectivity index (χ1v) is 7.25. The van der Waals surface area contributed by atoms with Crippen molar-refractivity contribution < 1.29 is 13.9 Å². The molecule has 0 radical (unpaired) electrons. The van der Waals surface area contributed by atoms with Gasteiger partial charge in [-0.25, -0.2) is 8.78 Å². The number of phenolic OH excluding ortho intramolecular Hbond substituents is 1. The first-order valence-electron chi connectivity index (χ1n) is 7.25. The Bertz CT molecular complexity index is 695. The molecule has 7 heteroatoms. The molecule has 4 nitrogen and oxygen atoms in total. The van der Waals surface area contributed by atoms with E-state index in [1.54, 1.807) is 19.2 Å². The van der Waals surface area contributed by atoms with Crippen LogP contribution in [0.25, 0.3) is 0 Å². The lowest BCUT2D eigenvalue weighted by Gasteiger charge is -2.12. The van der Waals surface area contributed by atoms with Gasteiger partial charge in [0.15, 0.2) is 17.5 Å². The molecule has 0 aliphatic heterocycles. The van der Waals surface area contributed by atoms with Crippen molar-refractivity contribution in [2.75, 3.05) is 13.6 Å². The minimum atomic E-state index is -0.654. The molecule has 0 saturated heterocycles. The third kappa shape index (κ3) is 6.31. The fraction of sp³-hybridized carbons (Fsp3) is 0.235. The highest BCUT2D eigenvalue weighted by Crippen LogP contribution is 2.15. The number of nitrogens with zero attached hydrogens (tertiary/aromatic N) is 1. The van der Waals surface area contributed by atoms with Crippen LogP contribution in [0.4, 0.5) is 8.78 Å². The van der Waals surface area contributed by atoms with Crippen LogP contribution in [0.3, 0.4) is 0 Å². The molecular weight excluding hydrogens is 427 g/mol. The molecule has 0 saturated carbocycles. The van der Waals surface area contributed by atoms with Crippen LogP contribution in [0.15, 0.2) is 47.5 Å². The first-order chi connectivity index (χ1) is 11.1. The molecule has 130 valence electrons. The summed E-state index contributed by atoms with van der Waals surface area (Å²) in [6, 6.07) is 10.7. The van der Waals surface area contributed by atoms with Crippen LogP contribution in [-0.2, 0) is 13.0 Å². The van der Waals surface area contributed by atoms with Crippen molar-refractivity contribution >= 4 is 29.9 Å². The van der Waals surface area contributed by atoms with Crippen molar-refractivity contribution in [1.82, 2.24) is 10.6 Å². The van der Waals surface area contributed by atoms with E-state index in [4.69, 9.17) is 5.11 Å². The lowest BCUT2D eigenvalue weighted by molar-refractivity contribution is 0.431. The Kier molecular flexibility index (Phi) is 8.45. The van der Waals surface area contributed by atoms with Gasteiger partial charge >= 0.3 is 0 Å². The lowest BCUT2D eigenvalue weighted by atomic mass is 10.1. The van der Waals surface area contributed by atoms with Gasteiger partial charge in [0.25, 0.3) is 0 Å². The van der Waals surface area contributed by atoms with Gasteiger partial charge in [-0.3, -0.25) is 4.99 Å². The third-order valence-electron chi connectivity index (χ3n) is 3.29. The Morgan fingerprint density at radius 3 is 2.54 bits per heavy atom. The van der Waals surface area contributed by atoms with Gasteiger partial charge in [0, 0.05) is 20.1 Å². The first kappa shape index (κ1) is 20.1. The van der Waals surface area contributed by atoms with Gasteiger partial charge in [-0.05, 0) is 41.8 Å². The molecule has 0 spiro atoms. The van der Waals surface area contributed by atoms with E-state index in [9.17, 15) is 8.78 Å². The second-order valence-corrected chi connectivity index (χ2v) is 5.02. The van der Waals surface area contributed by atoms with Gasteiger partial charge < -0.3 is 15.7 Å². The molecule has 2 rings (SSSR count). The molecular formula is C17H20F2IN3O. The number of benzene rings is 2. The summed E-state index contributed by atoms with van der Waals surface area (Å²) in [5, 5.41) is 15.3. The highest BCUT2D eigenvalue weighted by atomic mass is 127. The number of hydrogen-bond donors (Lipinski definition) is 3. The topological polar surface area (TPSA) is 56.7 Å². The van der Waals surface area contributed by atoms with Gasteiger partial charge in [0.1, 0.15) is 5.82 Å². The van der Waals surface area contributed by atoms with Crippen molar-refractivity contribution in [2.24, 2.45) is 4.99 Å². The predicted molar refractivity (Wildman–Crippen MR) is 102 cm³/mol. The van der Waals surface area contributed by atoms with Crippen LogP contribution in [-0.4, -0.2) is 24.7 Å². The van der Waals surface area contributed by atoms with Crippen LogP contribution in [0.5, 0.6) is 5.75 Å². The number of guanidine groups is 1. The highest BCUT2D eigenvalue weighted by Gasteiger charge is 2.03. The van der Waals surface area contributed by atoms with Crippen molar-refractivity contribution in [3.05, 3.63) is 65.2 Å². The molecule has 0 aliphatic rings. The van der Waals surface area contributed by atoms with Crippen LogP contribution in [0.1, 0.15) is 11.1 Å². The number of rotatable bonds is 5. The maximum absolute atomic E-state index is 13.3. The minimum Gasteiger partial charge on any atom is -0.505 e. The van der Waals surface area contributed by atoms with Gasteiger partial charge in [-0.2, -0.15) is 0 Å². The summed E-state index contributed by atoms with van der Waals surface area (Å²) in [5.74, 6) is -0.709. The van der Waals surface area contributed by atoms with Gasteiger partial charge in [-0.1, -0.05) is 18.2 Å². The molecule has 2 aromatic carbocycles. The normalized spacial score (nSPS) is 10.9. The summed E-state index contributed by atoms with van der Waals surface area (Å²) in [6.45, 7) is 0.962. The van der Waals surface area contributed by atoms with Crippen molar-refractivity contribution in [1.29, 1.82) is 0 Å². The van der Waals surface area contributed by atoms with Gasteiger partial charge in [-0.15, -0.1) is 24.0 Å². The number of halogens is 3. The Morgan fingerprint density at radius 2 is 1.88 bits per heavy atom. The van der Waals surface area contributed by atoms with E-state index in [-0.39, 0.29) is 35.5 Å². The number of hydrogen-bond acceptors (Lipinski definition) is 2. The summed E-state index contributed by atoms with van der Waals surface area (Å²) in [5.41, 5.74) is 1.59. The maximum Gasteiger partial charge on any atom is 0.191 e. The zero-order valence-corrected chi connectivity index (χ0v) is 15.6. The standard InChI is InChI=1S/C17H19F2N3O.HI/c1-20-17(21-8-7-12-3-2-4-14(18)9-12)22-11-13-5-6-16(23)15(19)10-13;/h2-6,9-10,23H,7-8,11H2,1H3,(H2,20,21,22);1H. The molecule has 2 aromatic rings. The summed E-state index contributed by atoms with van der Waals surface area (Å²) in [7, 11) is 1.63. The Labute approximate surface area is 157 Å². The maximum atomic E-state index is 13.3. The quantitative estimate of drug-likeness (QED) is 0.375. The molecule has 0 fully saturated rings. The van der Waals surface area contributed by atoms with Crippen molar-refractivity contribution in [3.8, 4) is 5.75 Å². The molecule has 0 aliphatic carbocycles. The Morgan fingerprint density at radius 1 is 1.08 bits per heavy atom. The molecule has 0 atom stereocenters. The average molecular weight is 447 g/mol. The van der Waals surface area contributed by atoms with E-state index in [1.165, 1.54) is 24.3 Å². The summed E-state index contributed by atoms with van der Waals surface area (Å²) in [6.07, 6.45) is 0.659. The third-order valence-corrected chi connectivity index (χ3v) is 3.29. The zero-order chi connectivity index (χ0) is 16.7. The smallest absolute Gasteiger partial charge is 0.191 e. The predicted octanol–water partition coefficient (Wildman–Crippen LogP) is 3.20. The Hall–Kier alpha value is -1.90. The van der Waals surface area contributed by atoms with Crippen molar-refractivity contribution in [2.45, 2.75) is 13.0 Å². The van der Waals surface area contributed by atoms with Crippen LogP contribution in [0, 0.1) is 11.6 Å². The number of nitrogens with one attached hydrogen (secondary N) is 2. The fourth-order valence-electron chi connectivity index (χ4n) is 2.08. The van der Waals surface area contributed by atoms with E-state index in [2.05, 4.69) is 15.6 Å². The number of phenols is 1. The van der Waals surface area contributed by atoms with Crippen LogP contribution in [0.2, 0.25) is 0 Å². The average Bonchev–Trinajstić information content (AvgIpc) is 2.54.